The number of carbonyl (C=O) groups is 2. The van der Waals surface area contributed by atoms with E-state index in [-0.39, 0.29) is 17.8 Å². The van der Waals surface area contributed by atoms with Crippen LogP contribution < -0.4 is 0 Å². The smallest absolute Gasteiger partial charge is 0.338 e. The zero-order valence-corrected chi connectivity index (χ0v) is 9.10. The van der Waals surface area contributed by atoms with Gasteiger partial charge in [0.1, 0.15) is 5.82 Å². The average molecular weight is 273 g/mol. The molecule has 0 fully saturated rings. The largest absolute Gasteiger partial charge is 0.478 e. The number of carboxylic acids is 1. The van der Waals surface area contributed by atoms with Crippen molar-refractivity contribution >= 4 is 27.7 Å². The number of ketones is 1. The lowest BCUT2D eigenvalue weighted by molar-refractivity contribution is 0.0690. The van der Waals surface area contributed by atoms with Gasteiger partial charge < -0.3 is 5.11 Å². The predicted octanol–water partition coefficient (Wildman–Crippen LogP) is 2.42. The number of hydrogen-bond donors (Lipinski definition) is 1. The fourth-order valence-electron chi connectivity index (χ4n) is 1.82. The molecule has 0 bridgehead atoms. The van der Waals surface area contributed by atoms with Gasteiger partial charge in [0.05, 0.1) is 5.56 Å². The molecule has 5 heteroatoms. The van der Waals surface area contributed by atoms with Crippen LogP contribution in [0.3, 0.4) is 0 Å². The minimum absolute atomic E-state index is 0.139. The molecule has 0 unspecified atom stereocenters. The van der Waals surface area contributed by atoms with Crippen molar-refractivity contribution in [2.24, 2.45) is 0 Å². The Bertz CT molecular complexity index is 482. The van der Waals surface area contributed by atoms with Gasteiger partial charge in [0.25, 0.3) is 0 Å². The molecule has 1 N–H and O–H groups in total. The van der Waals surface area contributed by atoms with Gasteiger partial charge in [-0.1, -0.05) is 0 Å². The van der Waals surface area contributed by atoms with Crippen LogP contribution in [0.25, 0.3) is 0 Å². The van der Waals surface area contributed by atoms with Crippen LogP contribution in [0.2, 0.25) is 0 Å². The molecule has 0 radical (unpaired) electrons. The Morgan fingerprint density at radius 1 is 1.47 bits per heavy atom. The summed E-state index contributed by atoms with van der Waals surface area (Å²) < 4.78 is 13.7. The first kappa shape index (κ1) is 10.3. The zero-order valence-electron chi connectivity index (χ0n) is 7.51. The second-order valence-electron chi connectivity index (χ2n) is 3.30. The SMILES string of the molecule is O=C(O)c1c(F)cc(Br)c2c1CCC2=O. The van der Waals surface area contributed by atoms with E-state index >= 15 is 0 Å². The van der Waals surface area contributed by atoms with E-state index in [1.807, 2.05) is 0 Å². The van der Waals surface area contributed by atoms with E-state index in [9.17, 15) is 14.0 Å². The number of Topliss-reactive ketones (excluding diaryl/α,β-unsaturated/α-hetero) is 1. The molecule has 1 aromatic carbocycles. The highest BCUT2D eigenvalue weighted by molar-refractivity contribution is 9.10. The molecule has 0 saturated carbocycles. The maximum absolute atomic E-state index is 13.4. The van der Waals surface area contributed by atoms with Crippen molar-refractivity contribution < 1.29 is 19.1 Å². The quantitative estimate of drug-likeness (QED) is 0.854. The molecule has 15 heavy (non-hydrogen) atoms. The monoisotopic (exact) mass is 272 g/mol. The highest BCUT2D eigenvalue weighted by atomic mass is 79.9. The summed E-state index contributed by atoms with van der Waals surface area (Å²) >= 11 is 3.07. The summed E-state index contributed by atoms with van der Waals surface area (Å²) in [5, 5.41) is 8.84. The topological polar surface area (TPSA) is 54.4 Å². The summed E-state index contributed by atoms with van der Waals surface area (Å²) in [7, 11) is 0. The van der Waals surface area contributed by atoms with Crippen LogP contribution in [-0.2, 0) is 6.42 Å². The third kappa shape index (κ3) is 1.47. The Morgan fingerprint density at radius 3 is 2.73 bits per heavy atom. The molecule has 0 aliphatic heterocycles. The Morgan fingerprint density at radius 2 is 2.13 bits per heavy atom. The number of hydrogen-bond acceptors (Lipinski definition) is 2. The van der Waals surface area contributed by atoms with Gasteiger partial charge in [-0.05, 0) is 34.0 Å². The number of aromatic carboxylic acids is 1. The highest BCUT2D eigenvalue weighted by Crippen LogP contribution is 2.33. The molecule has 0 spiro atoms. The normalized spacial score (nSPS) is 14.1. The lowest BCUT2D eigenvalue weighted by Crippen LogP contribution is -2.07. The van der Waals surface area contributed by atoms with Gasteiger partial charge in [-0.3, -0.25) is 4.79 Å². The molecule has 0 amide bonds. The van der Waals surface area contributed by atoms with Gasteiger partial charge in [0.15, 0.2) is 5.78 Å². The first-order valence-electron chi connectivity index (χ1n) is 4.29. The van der Waals surface area contributed by atoms with E-state index in [0.29, 0.717) is 22.0 Å². The molecule has 0 atom stereocenters. The lowest BCUT2D eigenvalue weighted by atomic mass is 10.0. The number of carbonyl (C=O) groups excluding carboxylic acids is 1. The minimum Gasteiger partial charge on any atom is -0.478 e. The van der Waals surface area contributed by atoms with Crippen LogP contribution in [0.5, 0.6) is 0 Å². The maximum atomic E-state index is 13.4. The Balaban J connectivity index is 2.79. The molecular weight excluding hydrogens is 267 g/mol. The number of rotatable bonds is 1. The van der Waals surface area contributed by atoms with Gasteiger partial charge in [-0.2, -0.15) is 0 Å². The molecule has 0 aromatic heterocycles. The van der Waals surface area contributed by atoms with E-state index in [4.69, 9.17) is 5.11 Å². The van der Waals surface area contributed by atoms with Crippen LogP contribution in [0, 0.1) is 5.82 Å². The minimum atomic E-state index is -1.33. The van der Waals surface area contributed by atoms with Crippen molar-refractivity contribution in [3.63, 3.8) is 0 Å². The summed E-state index contributed by atoms with van der Waals surface area (Å²) in [5.41, 5.74) is 0.243. The fourth-order valence-corrected chi connectivity index (χ4v) is 2.48. The van der Waals surface area contributed by atoms with E-state index < -0.39 is 11.8 Å². The number of halogens is 2. The number of benzene rings is 1. The van der Waals surface area contributed by atoms with Gasteiger partial charge in [-0.15, -0.1) is 0 Å². The zero-order chi connectivity index (χ0) is 11.2. The van der Waals surface area contributed by atoms with Crippen LogP contribution in [0.15, 0.2) is 10.5 Å². The highest BCUT2D eigenvalue weighted by Gasteiger charge is 2.29. The maximum Gasteiger partial charge on any atom is 0.338 e. The predicted molar refractivity (Wildman–Crippen MR) is 53.7 cm³/mol. The summed E-state index contributed by atoms with van der Waals surface area (Å²) in [6.07, 6.45) is 0.545. The average Bonchev–Trinajstić information content (AvgIpc) is 2.47. The van der Waals surface area contributed by atoms with Gasteiger partial charge in [0.2, 0.25) is 0 Å². The van der Waals surface area contributed by atoms with E-state index in [2.05, 4.69) is 15.9 Å². The van der Waals surface area contributed by atoms with Gasteiger partial charge in [-0.25, -0.2) is 9.18 Å². The first-order chi connectivity index (χ1) is 7.02. The summed E-state index contributed by atoms with van der Waals surface area (Å²) in [4.78, 5) is 22.3. The van der Waals surface area contributed by atoms with Crippen molar-refractivity contribution in [3.05, 3.63) is 33.0 Å². The van der Waals surface area contributed by atoms with E-state index in [1.165, 1.54) is 0 Å². The Labute approximate surface area is 93.0 Å². The standard InChI is InChI=1S/C10H6BrFO3/c11-5-3-6(12)9(10(14)15)4-1-2-7(13)8(4)5/h3H,1-2H2,(H,14,15). The van der Waals surface area contributed by atoms with Crippen molar-refractivity contribution in [1.29, 1.82) is 0 Å². The van der Waals surface area contributed by atoms with Crippen LogP contribution >= 0.6 is 15.9 Å². The van der Waals surface area contributed by atoms with Crippen LogP contribution in [0.4, 0.5) is 4.39 Å². The van der Waals surface area contributed by atoms with Crippen molar-refractivity contribution in [1.82, 2.24) is 0 Å². The number of carboxylic acid groups (broad SMARTS) is 1. The number of fused-ring (bicyclic) bond motifs is 1. The molecule has 78 valence electrons. The second kappa shape index (κ2) is 3.41. The van der Waals surface area contributed by atoms with Crippen LogP contribution in [0.1, 0.15) is 32.7 Å². The van der Waals surface area contributed by atoms with Gasteiger partial charge in [0, 0.05) is 16.5 Å². The first-order valence-corrected chi connectivity index (χ1v) is 5.09. The van der Waals surface area contributed by atoms with E-state index in [0.717, 1.165) is 6.07 Å². The third-order valence-corrected chi connectivity index (χ3v) is 3.05. The van der Waals surface area contributed by atoms with Crippen molar-refractivity contribution in [2.75, 3.05) is 0 Å². The molecule has 0 heterocycles. The van der Waals surface area contributed by atoms with Crippen molar-refractivity contribution in [3.8, 4) is 0 Å². The molecule has 1 aliphatic rings. The summed E-state index contributed by atoms with van der Waals surface area (Å²) in [6.45, 7) is 0. The Hall–Kier alpha value is -1.23. The molecule has 2 rings (SSSR count). The lowest BCUT2D eigenvalue weighted by Gasteiger charge is -2.06. The molecule has 3 nitrogen and oxygen atoms in total. The van der Waals surface area contributed by atoms with Crippen molar-refractivity contribution in [2.45, 2.75) is 12.8 Å². The van der Waals surface area contributed by atoms with Gasteiger partial charge >= 0.3 is 5.97 Å². The van der Waals surface area contributed by atoms with E-state index in [1.54, 1.807) is 0 Å². The Kier molecular flexibility index (Phi) is 2.34. The molecule has 1 aromatic rings. The molecule has 0 saturated heterocycles. The molecular formula is C10H6BrFO3. The second-order valence-corrected chi connectivity index (χ2v) is 4.15. The van der Waals surface area contributed by atoms with Crippen LogP contribution in [-0.4, -0.2) is 16.9 Å². The third-order valence-electron chi connectivity index (χ3n) is 2.43. The summed E-state index contributed by atoms with van der Waals surface area (Å²) in [6, 6.07) is 1.03. The fraction of sp³-hybridized carbons (Fsp3) is 0.200. The molecule has 1 aliphatic carbocycles. The summed E-state index contributed by atoms with van der Waals surface area (Å²) in [5.74, 6) is -2.27.